The lowest BCUT2D eigenvalue weighted by molar-refractivity contribution is 0.0303. The van der Waals surface area contributed by atoms with Gasteiger partial charge in [0.1, 0.15) is 12.4 Å². The Morgan fingerprint density at radius 1 is 1.00 bits per heavy atom. The molecule has 4 rings (SSSR count). The molecule has 158 valence electrons. The zero-order chi connectivity index (χ0) is 20.9. The number of nitrogens with zero attached hydrogens (tertiary/aromatic N) is 2. The fourth-order valence-corrected chi connectivity index (χ4v) is 4.06. The van der Waals surface area contributed by atoms with Crippen molar-refractivity contribution in [2.24, 2.45) is 0 Å². The predicted octanol–water partition coefficient (Wildman–Crippen LogP) is 3.15. The third-order valence-electron chi connectivity index (χ3n) is 5.74. The Kier molecular flexibility index (Phi) is 6.33. The number of rotatable bonds is 5. The van der Waals surface area contributed by atoms with E-state index in [1.807, 2.05) is 53.1 Å². The number of aryl methyl sites for hydroxylation is 1. The van der Waals surface area contributed by atoms with Crippen molar-refractivity contribution in [3.8, 4) is 5.75 Å². The molecule has 2 fully saturated rings. The highest BCUT2D eigenvalue weighted by atomic mass is 16.5. The number of morpholine rings is 1. The topological polar surface area (TPSA) is 59.1 Å². The fourth-order valence-electron chi connectivity index (χ4n) is 4.06. The van der Waals surface area contributed by atoms with E-state index in [1.54, 1.807) is 12.1 Å². The molecule has 2 aliphatic heterocycles. The van der Waals surface area contributed by atoms with Crippen LogP contribution in [0.3, 0.4) is 0 Å². The summed E-state index contributed by atoms with van der Waals surface area (Å²) >= 11 is 0. The van der Waals surface area contributed by atoms with Crippen LogP contribution in [0.4, 0.5) is 0 Å². The van der Waals surface area contributed by atoms with Crippen molar-refractivity contribution in [2.45, 2.75) is 25.8 Å². The van der Waals surface area contributed by atoms with E-state index in [4.69, 9.17) is 9.47 Å². The van der Waals surface area contributed by atoms with Crippen molar-refractivity contribution >= 4 is 11.8 Å². The summed E-state index contributed by atoms with van der Waals surface area (Å²) in [6, 6.07) is 15.0. The number of benzene rings is 2. The first kappa shape index (κ1) is 20.4. The van der Waals surface area contributed by atoms with Gasteiger partial charge in [-0.15, -0.1) is 0 Å². The van der Waals surface area contributed by atoms with Crippen LogP contribution in [0, 0.1) is 6.92 Å². The monoisotopic (exact) mass is 408 g/mol. The van der Waals surface area contributed by atoms with Gasteiger partial charge < -0.3 is 19.3 Å². The molecule has 30 heavy (non-hydrogen) atoms. The molecule has 2 aromatic rings. The summed E-state index contributed by atoms with van der Waals surface area (Å²) in [4.78, 5) is 29.2. The summed E-state index contributed by atoms with van der Waals surface area (Å²) in [5.41, 5.74) is 2.47. The Bertz CT molecular complexity index is 890. The van der Waals surface area contributed by atoms with Crippen LogP contribution in [0.2, 0.25) is 0 Å². The summed E-state index contributed by atoms with van der Waals surface area (Å²) in [6.07, 6.45) is 1.92. The van der Waals surface area contributed by atoms with Crippen LogP contribution in [0.5, 0.6) is 5.75 Å². The second-order valence-corrected chi connectivity index (χ2v) is 7.90. The average Bonchev–Trinajstić information content (AvgIpc) is 3.26. The molecule has 0 saturated carbocycles. The number of carbonyl (C=O) groups excluding carboxylic acids is 2. The van der Waals surface area contributed by atoms with Crippen LogP contribution in [0.15, 0.2) is 48.5 Å². The summed E-state index contributed by atoms with van der Waals surface area (Å²) in [5.74, 6) is 0.801. The summed E-state index contributed by atoms with van der Waals surface area (Å²) < 4.78 is 11.3. The largest absolute Gasteiger partial charge is 0.491 e. The van der Waals surface area contributed by atoms with Gasteiger partial charge in [0, 0.05) is 30.8 Å². The van der Waals surface area contributed by atoms with Crippen LogP contribution >= 0.6 is 0 Å². The second-order valence-electron chi connectivity index (χ2n) is 7.90. The van der Waals surface area contributed by atoms with Gasteiger partial charge in [-0.05, 0) is 56.2 Å². The molecular formula is C24H28N2O4. The number of ether oxygens (including phenoxy) is 2. The fraction of sp³-hybridized carbons (Fsp3) is 0.417. The SMILES string of the molecule is Cc1cccc(C(=O)N2CCC[C@@H]2COc2ccc(C(=O)N3CCOCC3)cc2)c1. The molecule has 2 saturated heterocycles. The van der Waals surface area contributed by atoms with Crippen LogP contribution in [0.25, 0.3) is 0 Å². The minimum atomic E-state index is 0.0237. The summed E-state index contributed by atoms with van der Waals surface area (Å²) in [6.45, 7) is 5.64. The molecule has 2 aromatic carbocycles. The lowest BCUT2D eigenvalue weighted by Crippen LogP contribution is -2.40. The normalized spacial score (nSPS) is 19.0. The summed E-state index contributed by atoms with van der Waals surface area (Å²) in [5, 5.41) is 0. The third-order valence-corrected chi connectivity index (χ3v) is 5.74. The highest BCUT2D eigenvalue weighted by Crippen LogP contribution is 2.22. The standard InChI is InChI=1S/C24H28N2O4/c1-18-4-2-5-20(16-18)24(28)26-11-3-6-21(26)17-30-22-9-7-19(8-10-22)23(27)25-12-14-29-15-13-25/h2,4-5,7-10,16,21H,3,6,11-15,17H2,1H3/t21-/m1/s1. The Morgan fingerprint density at radius 2 is 1.77 bits per heavy atom. The van der Waals surface area contributed by atoms with Crippen LogP contribution < -0.4 is 4.74 Å². The smallest absolute Gasteiger partial charge is 0.254 e. The molecule has 0 unspecified atom stereocenters. The van der Waals surface area contributed by atoms with Crippen LogP contribution in [-0.4, -0.2) is 67.1 Å². The molecule has 2 heterocycles. The Hall–Kier alpha value is -2.86. The Morgan fingerprint density at radius 3 is 2.50 bits per heavy atom. The van der Waals surface area contributed by atoms with Crippen molar-refractivity contribution < 1.29 is 19.1 Å². The van der Waals surface area contributed by atoms with Crippen molar-refractivity contribution in [1.82, 2.24) is 9.80 Å². The molecule has 0 spiro atoms. The van der Waals surface area contributed by atoms with Gasteiger partial charge in [-0.2, -0.15) is 0 Å². The lowest BCUT2D eigenvalue weighted by Gasteiger charge is -2.27. The molecule has 6 nitrogen and oxygen atoms in total. The summed E-state index contributed by atoms with van der Waals surface area (Å²) in [7, 11) is 0. The number of hydrogen-bond donors (Lipinski definition) is 0. The first-order valence-corrected chi connectivity index (χ1v) is 10.6. The van der Waals surface area contributed by atoms with Crippen LogP contribution in [0.1, 0.15) is 39.1 Å². The lowest BCUT2D eigenvalue weighted by atomic mass is 10.1. The average molecular weight is 408 g/mol. The molecular weight excluding hydrogens is 380 g/mol. The molecule has 6 heteroatoms. The Balaban J connectivity index is 1.34. The molecule has 1 atom stereocenters. The maximum absolute atomic E-state index is 12.9. The maximum Gasteiger partial charge on any atom is 0.254 e. The van der Waals surface area contributed by atoms with E-state index in [9.17, 15) is 9.59 Å². The zero-order valence-corrected chi connectivity index (χ0v) is 17.4. The predicted molar refractivity (Wildman–Crippen MR) is 114 cm³/mol. The Labute approximate surface area is 177 Å². The van der Waals surface area contributed by atoms with Gasteiger partial charge in [-0.3, -0.25) is 9.59 Å². The van der Waals surface area contributed by atoms with Crippen LogP contribution in [-0.2, 0) is 4.74 Å². The highest BCUT2D eigenvalue weighted by molar-refractivity contribution is 5.95. The molecule has 0 bridgehead atoms. The molecule has 2 aliphatic rings. The van der Waals surface area contributed by atoms with Gasteiger partial charge >= 0.3 is 0 Å². The third kappa shape index (κ3) is 4.65. The van der Waals surface area contributed by atoms with Crippen molar-refractivity contribution in [3.05, 3.63) is 65.2 Å². The van der Waals surface area contributed by atoms with Gasteiger partial charge in [0.25, 0.3) is 11.8 Å². The number of likely N-dealkylation sites (tertiary alicyclic amines) is 1. The van der Waals surface area contributed by atoms with Gasteiger partial charge in [0.05, 0.1) is 19.3 Å². The van der Waals surface area contributed by atoms with E-state index in [2.05, 4.69) is 0 Å². The molecule has 0 aliphatic carbocycles. The number of amides is 2. The van der Waals surface area contributed by atoms with E-state index < -0.39 is 0 Å². The quantitative estimate of drug-likeness (QED) is 0.763. The zero-order valence-electron chi connectivity index (χ0n) is 17.4. The van der Waals surface area contributed by atoms with Gasteiger partial charge in [-0.1, -0.05) is 17.7 Å². The van der Waals surface area contributed by atoms with Gasteiger partial charge in [0.15, 0.2) is 0 Å². The first-order chi connectivity index (χ1) is 14.6. The van der Waals surface area contributed by atoms with Gasteiger partial charge in [-0.25, -0.2) is 0 Å². The number of carbonyl (C=O) groups is 2. The molecule has 0 aromatic heterocycles. The minimum absolute atomic E-state index is 0.0237. The van der Waals surface area contributed by atoms with Crippen molar-refractivity contribution in [3.63, 3.8) is 0 Å². The van der Waals surface area contributed by atoms with E-state index in [1.165, 1.54) is 0 Å². The highest BCUT2D eigenvalue weighted by Gasteiger charge is 2.30. The minimum Gasteiger partial charge on any atom is -0.491 e. The van der Waals surface area contributed by atoms with Crippen molar-refractivity contribution in [1.29, 1.82) is 0 Å². The maximum atomic E-state index is 12.9. The van der Waals surface area contributed by atoms with E-state index in [0.29, 0.717) is 44.2 Å². The van der Waals surface area contributed by atoms with E-state index >= 15 is 0 Å². The molecule has 2 amide bonds. The number of hydrogen-bond acceptors (Lipinski definition) is 4. The van der Waals surface area contributed by atoms with E-state index in [-0.39, 0.29) is 17.9 Å². The first-order valence-electron chi connectivity index (χ1n) is 10.6. The second kappa shape index (κ2) is 9.30. The molecule has 0 N–H and O–H groups in total. The molecule has 0 radical (unpaired) electrons. The van der Waals surface area contributed by atoms with E-state index in [0.717, 1.165) is 30.5 Å². The van der Waals surface area contributed by atoms with Crippen molar-refractivity contribution in [2.75, 3.05) is 39.5 Å². The van der Waals surface area contributed by atoms with Gasteiger partial charge in [0.2, 0.25) is 0 Å².